The number of anilines is 1. The molecule has 0 aliphatic heterocycles. The van der Waals surface area contributed by atoms with Crippen LogP contribution in [0.5, 0.6) is 0 Å². The molecular formula is C13H16N4. The predicted molar refractivity (Wildman–Crippen MR) is 67.6 cm³/mol. The molecular weight excluding hydrogens is 212 g/mol. The van der Waals surface area contributed by atoms with Crippen LogP contribution in [0.4, 0.5) is 5.82 Å². The molecule has 0 amide bonds. The minimum atomic E-state index is 0.684. The van der Waals surface area contributed by atoms with Crippen molar-refractivity contribution in [2.75, 3.05) is 5.32 Å². The molecule has 2 rings (SSSR count). The van der Waals surface area contributed by atoms with Gasteiger partial charge in [-0.1, -0.05) is 19.4 Å². The lowest BCUT2D eigenvalue weighted by Crippen LogP contribution is -2.04. The van der Waals surface area contributed by atoms with Gasteiger partial charge in [0.15, 0.2) is 0 Å². The maximum absolute atomic E-state index is 4.25. The second-order valence-electron chi connectivity index (χ2n) is 3.82. The molecule has 0 saturated carbocycles. The highest BCUT2D eigenvalue weighted by Gasteiger charge is 1.98. The van der Waals surface area contributed by atoms with Gasteiger partial charge in [-0.2, -0.15) is 0 Å². The minimum Gasteiger partial charge on any atom is -0.364 e. The molecule has 2 aromatic rings. The maximum atomic E-state index is 4.25. The number of hydrogen-bond acceptors (Lipinski definition) is 4. The Kier molecular flexibility index (Phi) is 4.02. The molecule has 0 unspecified atom stereocenters. The molecule has 0 aliphatic carbocycles. The molecule has 0 bridgehead atoms. The summed E-state index contributed by atoms with van der Waals surface area (Å²) in [5.74, 6) is 0.856. The molecule has 1 N–H and O–H groups in total. The molecule has 0 radical (unpaired) electrons. The van der Waals surface area contributed by atoms with E-state index < -0.39 is 0 Å². The SMILES string of the molecule is CCCc1cc(NCc2ccccn2)ncn1. The summed E-state index contributed by atoms with van der Waals surface area (Å²) in [6.45, 7) is 2.83. The summed E-state index contributed by atoms with van der Waals surface area (Å²) < 4.78 is 0. The first-order chi connectivity index (χ1) is 8.38. The number of hydrogen-bond donors (Lipinski definition) is 1. The van der Waals surface area contributed by atoms with E-state index in [-0.39, 0.29) is 0 Å². The number of nitrogens with zero attached hydrogens (tertiary/aromatic N) is 3. The molecule has 4 nitrogen and oxygen atoms in total. The molecule has 0 spiro atoms. The van der Waals surface area contributed by atoms with Gasteiger partial charge in [0.05, 0.1) is 12.2 Å². The van der Waals surface area contributed by atoms with Crippen LogP contribution in [-0.2, 0) is 13.0 Å². The van der Waals surface area contributed by atoms with Crippen molar-refractivity contribution < 1.29 is 0 Å². The summed E-state index contributed by atoms with van der Waals surface area (Å²) in [6, 6.07) is 7.87. The number of aromatic nitrogens is 3. The molecule has 0 saturated heterocycles. The van der Waals surface area contributed by atoms with Crippen LogP contribution in [0.15, 0.2) is 36.8 Å². The van der Waals surface area contributed by atoms with E-state index in [1.807, 2.05) is 24.3 Å². The Hall–Kier alpha value is -1.97. The fourth-order valence-electron chi connectivity index (χ4n) is 1.57. The third-order valence-corrected chi connectivity index (χ3v) is 2.41. The lowest BCUT2D eigenvalue weighted by atomic mass is 10.2. The number of pyridine rings is 1. The topological polar surface area (TPSA) is 50.7 Å². The van der Waals surface area contributed by atoms with E-state index in [0.717, 1.165) is 30.0 Å². The maximum Gasteiger partial charge on any atom is 0.129 e. The van der Waals surface area contributed by atoms with Crippen LogP contribution in [0.25, 0.3) is 0 Å². The second kappa shape index (κ2) is 5.94. The highest BCUT2D eigenvalue weighted by atomic mass is 15.0. The van der Waals surface area contributed by atoms with Crippen molar-refractivity contribution in [2.24, 2.45) is 0 Å². The number of nitrogens with one attached hydrogen (secondary N) is 1. The van der Waals surface area contributed by atoms with Gasteiger partial charge in [-0.3, -0.25) is 4.98 Å². The fraction of sp³-hybridized carbons (Fsp3) is 0.308. The van der Waals surface area contributed by atoms with E-state index in [1.54, 1.807) is 12.5 Å². The molecule has 17 heavy (non-hydrogen) atoms. The van der Waals surface area contributed by atoms with Crippen molar-refractivity contribution in [3.8, 4) is 0 Å². The van der Waals surface area contributed by atoms with E-state index in [1.165, 1.54) is 0 Å². The zero-order valence-electron chi connectivity index (χ0n) is 9.93. The molecule has 2 aromatic heterocycles. The lowest BCUT2D eigenvalue weighted by molar-refractivity contribution is 0.870. The normalized spacial score (nSPS) is 10.2. The van der Waals surface area contributed by atoms with E-state index in [4.69, 9.17) is 0 Å². The molecule has 0 fully saturated rings. The summed E-state index contributed by atoms with van der Waals surface area (Å²) in [7, 11) is 0. The fourth-order valence-corrected chi connectivity index (χ4v) is 1.57. The Morgan fingerprint density at radius 1 is 1.12 bits per heavy atom. The van der Waals surface area contributed by atoms with Gasteiger partial charge in [0.25, 0.3) is 0 Å². The zero-order chi connectivity index (χ0) is 11.9. The quantitative estimate of drug-likeness (QED) is 0.854. The first-order valence-corrected chi connectivity index (χ1v) is 5.83. The van der Waals surface area contributed by atoms with Gasteiger partial charge in [-0.25, -0.2) is 9.97 Å². The largest absolute Gasteiger partial charge is 0.364 e. The zero-order valence-corrected chi connectivity index (χ0v) is 9.93. The van der Waals surface area contributed by atoms with Crippen molar-refractivity contribution in [2.45, 2.75) is 26.3 Å². The highest BCUT2D eigenvalue weighted by Crippen LogP contribution is 2.07. The van der Waals surface area contributed by atoms with Crippen molar-refractivity contribution in [1.82, 2.24) is 15.0 Å². The Morgan fingerprint density at radius 3 is 2.82 bits per heavy atom. The van der Waals surface area contributed by atoms with Crippen molar-refractivity contribution in [3.63, 3.8) is 0 Å². The van der Waals surface area contributed by atoms with Gasteiger partial charge >= 0.3 is 0 Å². The molecule has 4 heteroatoms. The third-order valence-electron chi connectivity index (χ3n) is 2.41. The van der Waals surface area contributed by atoms with Crippen molar-refractivity contribution in [1.29, 1.82) is 0 Å². The van der Waals surface area contributed by atoms with Crippen LogP contribution in [0.1, 0.15) is 24.7 Å². The standard InChI is InChI=1S/C13H16N4/c1-2-5-11-8-13(17-10-16-11)15-9-12-6-3-4-7-14-12/h3-4,6-8,10H,2,5,9H2,1H3,(H,15,16,17). The first-order valence-electron chi connectivity index (χ1n) is 5.83. The van der Waals surface area contributed by atoms with Gasteiger partial charge < -0.3 is 5.32 Å². The van der Waals surface area contributed by atoms with Crippen LogP contribution in [0.3, 0.4) is 0 Å². The Labute approximate surface area is 101 Å². The van der Waals surface area contributed by atoms with E-state index >= 15 is 0 Å². The van der Waals surface area contributed by atoms with E-state index in [9.17, 15) is 0 Å². The van der Waals surface area contributed by atoms with Gasteiger partial charge in [0.1, 0.15) is 12.1 Å². The van der Waals surface area contributed by atoms with Crippen LogP contribution in [0.2, 0.25) is 0 Å². The summed E-state index contributed by atoms with van der Waals surface area (Å²) in [4.78, 5) is 12.7. The van der Waals surface area contributed by atoms with Gasteiger partial charge in [-0.05, 0) is 18.6 Å². The van der Waals surface area contributed by atoms with Gasteiger partial charge in [0.2, 0.25) is 0 Å². The average Bonchev–Trinajstić information content (AvgIpc) is 2.39. The summed E-state index contributed by atoms with van der Waals surface area (Å²) in [5, 5.41) is 3.25. The number of aryl methyl sites for hydroxylation is 1. The molecule has 88 valence electrons. The summed E-state index contributed by atoms with van der Waals surface area (Å²) in [6.07, 6.45) is 5.47. The highest BCUT2D eigenvalue weighted by molar-refractivity contribution is 5.35. The Morgan fingerprint density at radius 2 is 2.06 bits per heavy atom. The molecule has 0 atom stereocenters. The molecule has 0 aromatic carbocycles. The van der Waals surface area contributed by atoms with Crippen molar-refractivity contribution >= 4 is 5.82 Å². The molecule has 0 aliphatic rings. The lowest BCUT2D eigenvalue weighted by Gasteiger charge is -2.05. The van der Waals surface area contributed by atoms with E-state index in [0.29, 0.717) is 6.54 Å². The Bertz CT molecular complexity index is 456. The summed E-state index contributed by atoms with van der Waals surface area (Å²) in [5.41, 5.74) is 2.08. The number of rotatable bonds is 5. The van der Waals surface area contributed by atoms with Crippen LogP contribution in [0, 0.1) is 0 Å². The second-order valence-corrected chi connectivity index (χ2v) is 3.82. The predicted octanol–water partition coefficient (Wildman–Crippen LogP) is 2.44. The van der Waals surface area contributed by atoms with Crippen LogP contribution < -0.4 is 5.32 Å². The van der Waals surface area contributed by atoms with Crippen molar-refractivity contribution in [3.05, 3.63) is 48.2 Å². The molecule has 2 heterocycles. The third kappa shape index (κ3) is 3.52. The first kappa shape index (κ1) is 11.5. The minimum absolute atomic E-state index is 0.684. The monoisotopic (exact) mass is 228 g/mol. The average molecular weight is 228 g/mol. The van der Waals surface area contributed by atoms with E-state index in [2.05, 4.69) is 27.2 Å². The summed E-state index contributed by atoms with van der Waals surface area (Å²) >= 11 is 0. The smallest absolute Gasteiger partial charge is 0.129 e. The van der Waals surface area contributed by atoms with Crippen LogP contribution in [-0.4, -0.2) is 15.0 Å². The Balaban J connectivity index is 1.97. The van der Waals surface area contributed by atoms with Gasteiger partial charge in [0, 0.05) is 18.0 Å². The van der Waals surface area contributed by atoms with Gasteiger partial charge in [-0.15, -0.1) is 0 Å². The van der Waals surface area contributed by atoms with Crippen LogP contribution >= 0.6 is 0 Å².